The maximum Gasteiger partial charge on any atom is 0.416 e. The quantitative estimate of drug-likeness (QED) is 0.377. The Morgan fingerprint density at radius 1 is 0.882 bits per heavy atom. The highest BCUT2D eigenvalue weighted by Crippen LogP contribution is 2.63. The molecule has 2 amide bonds. The second-order valence-corrected chi connectivity index (χ2v) is 9.23. The molecule has 4 nitrogen and oxygen atoms in total. The van der Waals surface area contributed by atoms with Gasteiger partial charge in [0.05, 0.1) is 33.5 Å². The van der Waals surface area contributed by atoms with Crippen LogP contribution in [0.3, 0.4) is 0 Å². The van der Waals surface area contributed by atoms with Crippen LogP contribution in [-0.2, 0) is 26.0 Å². The molecule has 0 spiro atoms. The molecule has 0 saturated carbocycles. The lowest BCUT2D eigenvalue weighted by Crippen LogP contribution is -2.54. The molecule has 3 aromatic carbocycles. The van der Waals surface area contributed by atoms with Crippen molar-refractivity contribution >= 4 is 35.4 Å². The van der Waals surface area contributed by atoms with Crippen LogP contribution in [0.15, 0.2) is 66.7 Å². The Bertz CT molecular complexity index is 1370. The molecule has 3 aliphatic carbocycles. The van der Waals surface area contributed by atoms with E-state index >= 15 is 0 Å². The van der Waals surface area contributed by atoms with E-state index in [2.05, 4.69) is 0 Å². The summed E-state index contributed by atoms with van der Waals surface area (Å²) in [4.78, 5) is 41.3. The van der Waals surface area contributed by atoms with E-state index in [4.69, 9.17) is 11.6 Å². The number of benzene rings is 3. The molecule has 7 rings (SSSR count). The molecule has 1 heterocycles. The molecule has 0 aromatic heterocycles. The number of carbonyl (C=O) groups is 3. The first kappa shape index (κ1) is 21.1. The first-order valence-electron chi connectivity index (χ1n) is 10.6. The van der Waals surface area contributed by atoms with Crippen LogP contribution in [0.5, 0.6) is 0 Å². The van der Waals surface area contributed by atoms with Crippen molar-refractivity contribution in [2.45, 2.75) is 17.5 Å². The normalized spacial score (nSPS) is 26.8. The van der Waals surface area contributed by atoms with Crippen LogP contribution in [-0.4, -0.2) is 18.1 Å². The van der Waals surface area contributed by atoms with E-state index in [1.165, 1.54) is 0 Å². The standard InChI is InChI=1S/C26H15ClF3NO3/c27-18-10-9-13(26(28,29)30)11-19(18)31-23(33)21-20-14-5-1-3-7-16(14)25(12-32,22(21)24(31)34)17-8-4-2-6-15(17)20/h1-12,20-22H/t20?,21-,22+,25?/m0/s1. The fourth-order valence-electron chi connectivity index (χ4n) is 6.13. The van der Waals surface area contributed by atoms with Crippen molar-refractivity contribution in [3.63, 3.8) is 0 Å². The number of rotatable bonds is 2. The van der Waals surface area contributed by atoms with E-state index < -0.39 is 46.7 Å². The van der Waals surface area contributed by atoms with Gasteiger partial charge in [0, 0.05) is 5.92 Å². The summed E-state index contributed by atoms with van der Waals surface area (Å²) in [5.41, 5.74) is 0.0559. The minimum atomic E-state index is -4.69. The summed E-state index contributed by atoms with van der Waals surface area (Å²) in [6.45, 7) is 0. The Hall–Kier alpha value is -3.45. The summed E-state index contributed by atoms with van der Waals surface area (Å²) in [5, 5.41) is -0.157. The van der Waals surface area contributed by atoms with E-state index in [-0.39, 0.29) is 10.7 Å². The predicted octanol–water partition coefficient (Wildman–Crippen LogP) is 5.11. The van der Waals surface area contributed by atoms with Crippen molar-refractivity contribution in [3.8, 4) is 0 Å². The fraction of sp³-hybridized carbons (Fsp3) is 0.192. The lowest BCUT2D eigenvalue weighted by atomic mass is 9.48. The molecule has 8 heteroatoms. The third-order valence-electron chi connectivity index (χ3n) is 7.38. The molecule has 0 N–H and O–H groups in total. The number of imide groups is 1. The van der Waals surface area contributed by atoms with Crippen molar-refractivity contribution in [2.24, 2.45) is 11.8 Å². The number of hydrogen-bond acceptors (Lipinski definition) is 3. The average Bonchev–Trinajstić information content (AvgIpc) is 3.09. The number of nitrogens with zero attached hydrogens (tertiary/aromatic N) is 1. The van der Waals surface area contributed by atoms with Gasteiger partial charge in [-0.3, -0.25) is 9.59 Å². The van der Waals surface area contributed by atoms with Crippen LogP contribution in [0.25, 0.3) is 0 Å². The van der Waals surface area contributed by atoms with Gasteiger partial charge < -0.3 is 4.79 Å². The van der Waals surface area contributed by atoms with Crippen molar-refractivity contribution in [1.82, 2.24) is 0 Å². The lowest BCUT2D eigenvalue weighted by molar-refractivity contribution is -0.137. The molecular formula is C26H15ClF3NO3. The highest BCUT2D eigenvalue weighted by atomic mass is 35.5. The largest absolute Gasteiger partial charge is 0.416 e. The first-order valence-corrected chi connectivity index (χ1v) is 11.0. The average molecular weight is 482 g/mol. The van der Waals surface area contributed by atoms with Gasteiger partial charge in [-0.05, 0) is 40.5 Å². The number of amides is 2. The first-order chi connectivity index (χ1) is 16.2. The highest BCUT2D eigenvalue weighted by molar-refractivity contribution is 6.36. The maximum absolute atomic E-state index is 13.8. The van der Waals surface area contributed by atoms with Crippen LogP contribution in [0.2, 0.25) is 5.02 Å². The molecular weight excluding hydrogens is 467 g/mol. The van der Waals surface area contributed by atoms with E-state index in [0.717, 1.165) is 28.2 Å². The third kappa shape index (κ3) is 2.42. The van der Waals surface area contributed by atoms with Gasteiger partial charge in [0.15, 0.2) is 0 Å². The number of carbonyl (C=O) groups excluding carboxylic acids is 3. The molecule has 34 heavy (non-hydrogen) atoms. The molecule has 3 aromatic rings. The van der Waals surface area contributed by atoms with Gasteiger partial charge in [0.25, 0.3) is 0 Å². The Morgan fingerprint density at radius 3 is 2.03 bits per heavy atom. The Morgan fingerprint density at radius 2 is 1.47 bits per heavy atom. The van der Waals surface area contributed by atoms with Crippen molar-refractivity contribution in [3.05, 3.63) is 99.6 Å². The van der Waals surface area contributed by atoms with Gasteiger partial charge in [0.2, 0.25) is 11.8 Å². The molecule has 0 radical (unpaired) electrons. The number of aldehydes is 1. The zero-order chi connectivity index (χ0) is 24.0. The maximum atomic E-state index is 13.8. The highest BCUT2D eigenvalue weighted by Gasteiger charge is 2.68. The fourth-order valence-corrected chi connectivity index (χ4v) is 6.33. The van der Waals surface area contributed by atoms with E-state index in [1.807, 2.05) is 12.1 Å². The SMILES string of the molecule is O=CC12c3ccccc3C(c3ccccc31)[C@@H]1C(=O)N(c3cc(C(F)(F)F)ccc3Cl)C(=O)[C@@H]12. The molecule has 170 valence electrons. The van der Waals surface area contributed by atoms with Crippen molar-refractivity contribution in [2.75, 3.05) is 4.90 Å². The zero-order valence-electron chi connectivity index (χ0n) is 17.3. The van der Waals surface area contributed by atoms with Crippen LogP contribution in [0, 0.1) is 11.8 Å². The predicted molar refractivity (Wildman–Crippen MR) is 117 cm³/mol. The van der Waals surface area contributed by atoms with E-state index in [1.54, 1.807) is 36.4 Å². The second kappa shape index (κ2) is 6.79. The smallest absolute Gasteiger partial charge is 0.302 e. The summed E-state index contributed by atoms with van der Waals surface area (Å²) in [6.07, 6.45) is -3.98. The molecule has 2 bridgehead atoms. The molecule has 1 fully saturated rings. The third-order valence-corrected chi connectivity index (χ3v) is 7.70. The van der Waals surface area contributed by atoms with Crippen molar-refractivity contribution < 1.29 is 27.6 Å². The van der Waals surface area contributed by atoms with Crippen LogP contribution in [0.1, 0.15) is 33.7 Å². The lowest BCUT2D eigenvalue weighted by Gasteiger charge is -2.51. The molecule has 0 unspecified atom stereocenters. The van der Waals surface area contributed by atoms with Gasteiger partial charge in [-0.2, -0.15) is 13.2 Å². The van der Waals surface area contributed by atoms with Gasteiger partial charge in [-0.15, -0.1) is 0 Å². The van der Waals surface area contributed by atoms with E-state index in [9.17, 15) is 27.6 Å². The summed E-state index contributed by atoms with van der Waals surface area (Å²) < 4.78 is 40.2. The number of hydrogen-bond donors (Lipinski definition) is 0. The van der Waals surface area contributed by atoms with Gasteiger partial charge >= 0.3 is 6.18 Å². The number of anilines is 1. The molecule has 4 aliphatic rings. The number of halogens is 4. The van der Waals surface area contributed by atoms with Gasteiger partial charge in [0.1, 0.15) is 6.29 Å². The molecule has 1 saturated heterocycles. The summed E-state index contributed by atoms with van der Waals surface area (Å²) in [7, 11) is 0. The van der Waals surface area contributed by atoms with Gasteiger partial charge in [-0.25, -0.2) is 4.90 Å². The van der Waals surface area contributed by atoms with E-state index in [0.29, 0.717) is 23.5 Å². The minimum absolute atomic E-state index is 0.157. The molecule has 2 atom stereocenters. The van der Waals surface area contributed by atoms with Crippen LogP contribution < -0.4 is 4.90 Å². The minimum Gasteiger partial charge on any atom is -0.302 e. The van der Waals surface area contributed by atoms with Gasteiger partial charge in [-0.1, -0.05) is 60.1 Å². The zero-order valence-corrected chi connectivity index (χ0v) is 18.1. The van der Waals surface area contributed by atoms with Crippen molar-refractivity contribution in [1.29, 1.82) is 0 Å². The topological polar surface area (TPSA) is 54.5 Å². The van der Waals surface area contributed by atoms with Crippen LogP contribution >= 0.6 is 11.6 Å². The summed E-state index contributed by atoms with van der Waals surface area (Å²) in [5.74, 6) is -3.91. The Balaban J connectivity index is 1.61. The number of alkyl halides is 3. The summed E-state index contributed by atoms with van der Waals surface area (Å²) >= 11 is 6.21. The summed E-state index contributed by atoms with van der Waals surface area (Å²) in [6, 6.07) is 16.9. The van der Waals surface area contributed by atoms with Crippen LogP contribution in [0.4, 0.5) is 18.9 Å². The Labute approximate surface area is 196 Å². The second-order valence-electron chi connectivity index (χ2n) is 8.82. The Kier molecular flexibility index (Phi) is 4.22. The molecule has 1 aliphatic heterocycles. The monoisotopic (exact) mass is 481 g/mol.